The Hall–Kier alpha value is -2.34. The molecule has 6 heteroatoms. The van der Waals surface area contributed by atoms with Crippen molar-refractivity contribution in [3.63, 3.8) is 0 Å². The van der Waals surface area contributed by atoms with Crippen molar-refractivity contribution in [2.45, 2.75) is 32.7 Å². The van der Waals surface area contributed by atoms with E-state index in [2.05, 4.69) is 58.2 Å². The van der Waals surface area contributed by atoms with Gasteiger partial charge in [-0.25, -0.2) is 4.98 Å². The van der Waals surface area contributed by atoms with Gasteiger partial charge < -0.3 is 20.1 Å². The molecule has 0 aliphatic carbocycles. The number of nitrogens with one attached hydrogen (secondary N) is 2. The Morgan fingerprint density at radius 3 is 2.75 bits per heavy atom. The highest BCUT2D eigenvalue weighted by Crippen LogP contribution is 2.19. The Balaban J connectivity index is 1.55. The maximum Gasteiger partial charge on any atom is 0.194 e. The predicted molar refractivity (Wildman–Crippen MR) is 116 cm³/mol. The van der Waals surface area contributed by atoms with E-state index in [1.54, 1.807) is 0 Å². The Morgan fingerprint density at radius 1 is 1.29 bits per heavy atom. The van der Waals surface area contributed by atoms with Crippen LogP contribution >= 0.6 is 0 Å². The molecule has 2 N–H and O–H groups in total. The Morgan fingerprint density at radius 2 is 2.04 bits per heavy atom. The molecule has 0 unspecified atom stereocenters. The SMILES string of the molecule is CCNC(=NCCC1CCN(C)CC1)N(C)Cc1ncc(-c2ccccc2)[nH]1. The largest absolute Gasteiger partial charge is 0.357 e. The third-order valence-electron chi connectivity index (χ3n) is 5.43. The molecule has 3 rings (SSSR count). The monoisotopic (exact) mass is 382 g/mol. The van der Waals surface area contributed by atoms with Crippen LogP contribution in [-0.2, 0) is 6.54 Å². The van der Waals surface area contributed by atoms with Crippen LogP contribution in [0.2, 0.25) is 0 Å². The summed E-state index contributed by atoms with van der Waals surface area (Å²) in [5, 5.41) is 3.41. The van der Waals surface area contributed by atoms with E-state index in [0.29, 0.717) is 6.54 Å². The molecule has 6 nitrogen and oxygen atoms in total. The number of nitrogens with zero attached hydrogens (tertiary/aromatic N) is 4. The van der Waals surface area contributed by atoms with Gasteiger partial charge in [-0.15, -0.1) is 0 Å². The zero-order chi connectivity index (χ0) is 19.8. The maximum absolute atomic E-state index is 4.86. The molecule has 0 bridgehead atoms. The second kappa shape index (κ2) is 10.3. The molecular formula is C22H34N6. The highest BCUT2D eigenvalue weighted by atomic mass is 15.3. The minimum absolute atomic E-state index is 0.701. The molecule has 0 radical (unpaired) electrons. The van der Waals surface area contributed by atoms with Crippen molar-refractivity contribution in [2.24, 2.45) is 10.9 Å². The van der Waals surface area contributed by atoms with Crippen LogP contribution in [0.25, 0.3) is 11.3 Å². The van der Waals surface area contributed by atoms with E-state index in [9.17, 15) is 0 Å². The third kappa shape index (κ3) is 5.83. The number of rotatable bonds is 7. The van der Waals surface area contributed by atoms with Gasteiger partial charge >= 0.3 is 0 Å². The van der Waals surface area contributed by atoms with Gasteiger partial charge in [-0.3, -0.25) is 4.99 Å². The first-order valence-electron chi connectivity index (χ1n) is 10.4. The Labute approximate surface area is 169 Å². The molecule has 2 aromatic rings. The number of aliphatic imine (C=N–C) groups is 1. The molecule has 1 aliphatic heterocycles. The summed E-state index contributed by atoms with van der Waals surface area (Å²) in [7, 11) is 4.28. The van der Waals surface area contributed by atoms with E-state index in [1.807, 2.05) is 24.4 Å². The number of aromatic amines is 1. The van der Waals surface area contributed by atoms with Gasteiger partial charge in [0.05, 0.1) is 18.4 Å². The first kappa shape index (κ1) is 20.4. The molecule has 1 aliphatic rings. The number of imidazole rings is 1. The van der Waals surface area contributed by atoms with E-state index in [0.717, 1.165) is 42.0 Å². The van der Waals surface area contributed by atoms with Crippen molar-refractivity contribution in [2.75, 3.05) is 40.3 Å². The fourth-order valence-corrected chi connectivity index (χ4v) is 3.68. The Kier molecular flexibility index (Phi) is 7.48. The second-order valence-electron chi connectivity index (χ2n) is 7.74. The van der Waals surface area contributed by atoms with E-state index < -0.39 is 0 Å². The van der Waals surface area contributed by atoms with Crippen LogP contribution in [0.1, 0.15) is 32.0 Å². The predicted octanol–water partition coefficient (Wildman–Crippen LogP) is 3.21. The van der Waals surface area contributed by atoms with E-state index >= 15 is 0 Å². The van der Waals surface area contributed by atoms with Gasteiger partial charge in [0.25, 0.3) is 0 Å². The number of hydrogen-bond donors (Lipinski definition) is 2. The highest BCUT2D eigenvalue weighted by Gasteiger charge is 2.16. The van der Waals surface area contributed by atoms with Crippen LogP contribution in [-0.4, -0.2) is 66.0 Å². The van der Waals surface area contributed by atoms with Crippen LogP contribution < -0.4 is 5.32 Å². The smallest absolute Gasteiger partial charge is 0.194 e. The molecule has 0 spiro atoms. The lowest BCUT2D eigenvalue weighted by Gasteiger charge is -2.28. The van der Waals surface area contributed by atoms with Gasteiger partial charge in [-0.05, 0) is 57.8 Å². The summed E-state index contributed by atoms with van der Waals surface area (Å²) < 4.78 is 0. The zero-order valence-electron chi connectivity index (χ0n) is 17.5. The molecule has 1 aromatic carbocycles. The third-order valence-corrected chi connectivity index (χ3v) is 5.43. The minimum Gasteiger partial charge on any atom is -0.357 e. The number of hydrogen-bond acceptors (Lipinski definition) is 3. The number of benzene rings is 1. The van der Waals surface area contributed by atoms with Crippen molar-refractivity contribution in [1.82, 2.24) is 25.1 Å². The van der Waals surface area contributed by atoms with Crippen LogP contribution in [0.4, 0.5) is 0 Å². The fourth-order valence-electron chi connectivity index (χ4n) is 3.68. The van der Waals surface area contributed by atoms with Crippen LogP contribution in [0, 0.1) is 5.92 Å². The quantitative estimate of drug-likeness (QED) is 0.570. The lowest BCUT2D eigenvalue weighted by atomic mass is 9.94. The highest BCUT2D eigenvalue weighted by molar-refractivity contribution is 5.79. The lowest BCUT2D eigenvalue weighted by molar-refractivity contribution is 0.214. The van der Waals surface area contributed by atoms with Crippen molar-refractivity contribution in [3.05, 3.63) is 42.4 Å². The molecule has 0 saturated carbocycles. The molecule has 1 aromatic heterocycles. The molecular weight excluding hydrogens is 348 g/mol. The Bertz CT molecular complexity index is 730. The summed E-state index contributed by atoms with van der Waals surface area (Å²) in [5.74, 6) is 2.71. The summed E-state index contributed by atoms with van der Waals surface area (Å²) in [4.78, 5) is 17.4. The normalized spacial score (nSPS) is 16.3. The number of likely N-dealkylation sites (tertiary alicyclic amines) is 1. The first-order chi connectivity index (χ1) is 13.7. The van der Waals surface area contributed by atoms with Crippen LogP contribution in [0.15, 0.2) is 41.5 Å². The lowest BCUT2D eigenvalue weighted by Crippen LogP contribution is -2.39. The van der Waals surface area contributed by atoms with Crippen molar-refractivity contribution < 1.29 is 0 Å². The summed E-state index contributed by atoms with van der Waals surface area (Å²) in [6.45, 7) is 7.00. The number of guanidine groups is 1. The summed E-state index contributed by atoms with van der Waals surface area (Å²) >= 11 is 0. The standard InChI is InChI=1S/C22H34N6/c1-4-23-22(24-13-10-18-11-14-27(2)15-12-18)28(3)17-21-25-16-20(26-21)19-8-6-5-7-9-19/h5-9,16,18H,4,10-15,17H2,1-3H3,(H,23,24)(H,25,26). The first-order valence-corrected chi connectivity index (χ1v) is 10.4. The summed E-state index contributed by atoms with van der Waals surface area (Å²) in [5.41, 5.74) is 2.20. The fraction of sp³-hybridized carbons (Fsp3) is 0.545. The second-order valence-corrected chi connectivity index (χ2v) is 7.74. The summed E-state index contributed by atoms with van der Waals surface area (Å²) in [6, 6.07) is 10.3. The maximum atomic E-state index is 4.86. The van der Waals surface area contributed by atoms with E-state index in [-0.39, 0.29) is 0 Å². The van der Waals surface area contributed by atoms with E-state index in [1.165, 1.54) is 32.4 Å². The number of piperidine rings is 1. The summed E-state index contributed by atoms with van der Waals surface area (Å²) in [6.07, 6.45) is 5.68. The number of H-pyrrole nitrogens is 1. The molecule has 0 amide bonds. The van der Waals surface area contributed by atoms with Crippen molar-refractivity contribution in [1.29, 1.82) is 0 Å². The van der Waals surface area contributed by atoms with Gasteiger partial charge in [-0.1, -0.05) is 30.3 Å². The van der Waals surface area contributed by atoms with Gasteiger partial charge in [0.2, 0.25) is 0 Å². The molecule has 1 saturated heterocycles. The molecule has 28 heavy (non-hydrogen) atoms. The molecule has 152 valence electrons. The van der Waals surface area contributed by atoms with Crippen LogP contribution in [0.5, 0.6) is 0 Å². The van der Waals surface area contributed by atoms with Gasteiger partial charge in [0, 0.05) is 20.1 Å². The average molecular weight is 383 g/mol. The van der Waals surface area contributed by atoms with Crippen molar-refractivity contribution >= 4 is 5.96 Å². The topological polar surface area (TPSA) is 59.6 Å². The van der Waals surface area contributed by atoms with Crippen molar-refractivity contribution in [3.8, 4) is 11.3 Å². The van der Waals surface area contributed by atoms with E-state index in [4.69, 9.17) is 4.99 Å². The minimum atomic E-state index is 0.701. The van der Waals surface area contributed by atoms with Gasteiger partial charge in [0.1, 0.15) is 5.82 Å². The molecule has 1 fully saturated rings. The van der Waals surface area contributed by atoms with Gasteiger partial charge in [0.15, 0.2) is 5.96 Å². The zero-order valence-corrected chi connectivity index (χ0v) is 17.5. The molecule has 2 heterocycles. The van der Waals surface area contributed by atoms with Crippen LogP contribution in [0.3, 0.4) is 0 Å². The average Bonchev–Trinajstić information content (AvgIpc) is 3.18. The number of aromatic nitrogens is 2. The van der Waals surface area contributed by atoms with Gasteiger partial charge in [-0.2, -0.15) is 0 Å². The molecule has 0 atom stereocenters.